The number of nitrogens with zero attached hydrogens (tertiary/aromatic N) is 3. The Morgan fingerprint density at radius 2 is 1.79 bits per heavy atom. The number of aromatic nitrogens is 1. The van der Waals surface area contributed by atoms with Gasteiger partial charge in [0.05, 0.1) is 11.2 Å². The van der Waals surface area contributed by atoms with E-state index in [9.17, 15) is 4.79 Å². The van der Waals surface area contributed by atoms with Gasteiger partial charge in [0, 0.05) is 49.5 Å². The maximum absolute atomic E-state index is 12.7. The van der Waals surface area contributed by atoms with Crippen LogP contribution in [-0.4, -0.2) is 48.9 Å². The SMILES string of the molecule is O=C(Nc1cccc2cccnc12)N1CCN(c2ccc3c(c2)OCO3)CC1. The number of pyridine rings is 1. The molecule has 2 aromatic carbocycles. The summed E-state index contributed by atoms with van der Waals surface area (Å²) in [5.41, 5.74) is 2.63. The van der Waals surface area contributed by atoms with E-state index in [0.717, 1.165) is 46.9 Å². The summed E-state index contributed by atoms with van der Waals surface area (Å²) in [6.45, 7) is 3.11. The van der Waals surface area contributed by atoms with Crippen molar-refractivity contribution in [1.29, 1.82) is 0 Å². The van der Waals surface area contributed by atoms with Gasteiger partial charge in [0.15, 0.2) is 11.5 Å². The molecule has 0 bridgehead atoms. The monoisotopic (exact) mass is 376 g/mol. The molecule has 7 heteroatoms. The lowest BCUT2D eigenvalue weighted by molar-refractivity contribution is 0.174. The Bertz CT molecular complexity index is 1030. The van der Waals surface area contributed by atoms with Crippen molar-refractivity contribution < 1.29 is 14.3 Å². The van der Waals surface area contributed by atoms with Gasteiger partial charge in [-0.3, -0.25) is 4.98 Å². The minimum Gasteiger partial charge on any atom is -0.454 e. The molecule has 3 aromatic rings. The summed E-state index contributed by atoms with van der Waals surface area (Å²) >= 11 is 0. The van der Waals surface area contributed by atoms with E-state index in [1.165, 1.54) is 0 Å². The smallest absolute Gasteiger partial charge is 0.322 e. The molecule has 0 spiro atoms. The number of hydrogen-bond acceptors (Lipinski definition) is 5. The Hall–Kier alpha value is -3.48. The summed E-state index contributed by atoms with van der Waals surface area (Å²) < 4.78 is 10.8. The molecule has 1 aromatic heterocycles. The fourth-order valence-electron chi connectivity index (χ4n) is 3.65. The van der Waals surface area contributed by atoms with Crippen molar-refractivity contribution >= 4 is 28.3 Å². The number of benzene rings is 2. The van der Waals surface area contributed by atoms with Crippen molar-refractivity contribution in [2.24, 2.45) is 0 Å². The Labute approximate surface area is 162 Å². The third-order valence-electron chi connectivity index (χ3n) is 5.16. The number of fused-ring (bicyclic) bond motifs is 2. The number of nitrogens with one attached hydrogen (secondary N) is 1. The average Bonchev–Trinajstić information content (AvgIpc) is 3.22. The molecular formula is C21H20N4O3. The first-order valence-electron chi connectivity index (χ1n) is 9.32. The quantitative estimate of drug-likeness (QED) is 0.743. The molecule has 1 N–H and O–H groups in total. The van der Waals surface area contributed by atoms with Crippen LogP contribution in [0.25, 0.3) is 10.9 Å². The molecule has 2 amide bonds. The molecule has 1 saturated heterocycles. The largest absolute Gasteiger partial charge is 0.454 e. The topological polar surface area (TPSA) is 66.9 Å². The van der Waals surface area contributed by atoms with E-state index in [2.05, 4.69) is 15.2 Å². The van der Waals surface area contributed by atoms with E-state index >= 15 is 0 Å². The number of carbonyl (C=O) groups is 1. The van der Waals surface area contributed by atoms with Crippen LogP contribution in [0.5, 0.6) is 11.5 Å². The standard InChI is InChI=1S/C21H20N4O3/c26-21(23-17-5-1-3-15-4-2-8-22-20(15)17)25-11-9-24(10-12-25)16-6-7-18-19(13-16)28-14-27-18/h1-8,13H,9-12,14H2,(H,23,26). The number of hydrogen-bond donors (Lipinski definition) is 1. The van der Waals surface area contributed by atoms with Gasteiger partial charge in [0.25, 0.3) is 0 Å². The van der Waals surface area contributed by atoms with Crippen molar-refractivity contribution in [2.75, 3.05) is 43.2 Å². The fourth-order valence-corrected chi connectivity index (χ4v) is 3.65. The Morgan fingerprint density at radius 3 is 2.68 bits per heavy atom. The highest BCUT2D eigenvalue weighted by atomic mass is 16.7. The van der Waals surface area contributed by atoms with Crippen LogP contribution in [0.2, 0.25) is 0 Å². The molecule has 0 radical (unpaired) electrons. The highest BCUT2D eigenvalue weighted by molar-refractivity contribution is 5.99. The van der Waals surface area contributed by atoms with E-state index in [1.807, 2.05) is 53.4 Å². The Kier molecular flexibility index (Phi) is 4.12. The molecular weight excluding hydrogens is 356 g/mol. The number of ether oxygens (including phenoxy) is 2. The van der Waals surface area contributed by atoms with Crippen LogP contribution in [0.1, 0.15) is 0 Å². The zero-order valence-corrected chi connectivity index (χ0v) is 15.3. The van der Waals surface area contributed by atoms with E-state index in [0.29, 0.717) is 13.1 Å². The third kappa shape index (κ3) is 3.05. The molecule has 3 heterocycles. The maximum atomic E-state index is 12.7. The summed E-state index contributed by atoms with van der Waals surface area (Å²) in [4.78, 5) is 21.2. The molecule has 0 saturated carbocycles. The molecule has 0 unspecified atom stereocenters. The van der Waals surface area contributed by atoms with Crippen LogP contribution in [0, 0.1) is 0 Å². The second-order valence-electron chi connectivity index (χ2n) is 6.82. The van der Waals surface area contributed by atoms with Crippen LogP contribution >= 0.6 is 0 Å². The van der Waals surface area contributed by atoms with Gasteiger partial charge in [-0.25, -0.2) is 4.79 Å². The third-order valence-corrected chi connectivity index (χ3v) is 5.16. The first-order valence-corrected chi connectivity index (χ1v) is 9.32. The van der Waals surface area contributed by atoms with Gasteiger partial charge in [-0.1, -0.05) is 18.2 Å². The fraction of sp³-hybridized carbons (Fsp3) is 0.238. The molecule has 2 aliphatic heterocycles. The maximum Gasteiger partial charge on any atom is 0.322 e. The van der Waals surface area contributed by atoms with Gasteiger partial charge in [-0.15, -0.1) is 0 Å². The van der Waals surface area contributed by atoms with Crippen molar-refractivity contribution in [3.8, 4) is 11.5 Å². The average molecular weight is 376 g/mol. The first-order chi connectivity index (χ1) is 13.8. The normalized spacial score (nSPS) is 15.7. The van der Waals surface area contributed by atoms with Gasteiger partial charge in [0.1, 0.15) is 0 Å². The van der Waals surface area contributed by atoms with Crippen LogP contribution in [-0.2, 0) is 0 Å². The lowest BCUT2D eigenvalue weighted by Crippen LogP contribution is -2.50. The molecule has 2 aliphatic rings. The van der Waals surface area contributed by atoms with Gasteiger partial charge in [-0.2, -0.15) is 0 Å². The highest BCUT2D eigenvalue weighted by Crippen LogP contribution is 2.35. The zero-order chi connectivity index (χ0) is 18.9. The molecule has 5 rings (SSSR count). The van der Waals surface area contributed by atoms with Gasteiger partial charge in [0.2, 0.25) is 6.79 Å². The number of amides is 2. The Balaban J connectivity index is 1.24. The lowest BCUT2D eigenvalue weighted by atomic mass is 10.2. The van der Waals surface area contributed by atoms with Crippen LogP contribution in [0.3, 0.4) is 0 Å². The molecule has 1 fully saturated rings. The second kappa shape index (κ2) is 6.92. The molecule has 142 valence electrons. The van der Waals surface area contributed by atoms with Crippen molar-refractivity contribution in [1.82, 2.24) is 9.88 Å². The van der Waals surface area contributed by atoms with Gasteiger partial charge < -0.3 is 24.6 Å². The number of carbonyl (C=O) groups excluding carboxylic acids is 1. The molecule has 7 nitrogen and oxygen atoms in total. The summed E-state index contributed by atoms with van der Waals surface area (Å²) in [7, 11) is 0. The van der Waals surface area contributed by atoms with Crippen molar-refractivity contribution in [3.63, 3.8) is 0 Å². The number of piperazine rings is 1. The molecule has 28 heavy (non-hydrogen) atoms. The van der Waals surface area contributed by atoms with E-state index in [1.54, 1.807) is 6.20 Å². The summed E-state index contributed by atoms with van der Waals surface area (Å²) in [5.74, 6) is 1.56. The van der Waals surface area contributed by atoms with Crippen LogP contribution < -0.4 is 19.7 Å². The number of para-hydroxylation sites is 1. The van der Waals surface area contributed by atoms with E-state index < -0.39 is 0 Å². The highest BCUT2D eigenvalue weighted by Gasteiger charge is 2.23. The minimum absolute atomic E-state index is 0.0940. The van der Waals surface area contributed by atoms with E-state index in [-0.39, 0.29) is 12.8 Å². The summed E-state index contributed by atoms with van der Waals surface area (Å²) in [6, 6.07) is 15.6. The lowest BCUT2D eigenvalue weighted by Gasteiger charge is -2.36. The van der Waals surface area contributed by atoms with Crippen molar-refractivity contribution in [2.45, 2.75) is 0 Å². The van der Waals surface area contributed by atoms with E-state index in [4.69, 9.17) is 9.47 Å². The molecule has 0 atom stereocenters. The number of urea groups is 1. The zero-order valence-electron chi connectivity index (χ0n) is 15.3. The minimum atomic E-state index is -0.0940. The predicted molar refractivity (Wildman–Crippen MR) is 107 cm³/mol. The number of anilines is 2. The summed E-state index contributed by atoms with van der Waals surface area (Å²) in [6.07, 6.45) is 1.74. The Morgan fingerprint density at radius 1 is 0.964 bits per heavy atom. The second-order valence-corrected chi connectivity index (χ2v) is 6.82. The van der Waals surface area contributed by atoms with Crippen molar-refractivity contribution in [3.05, 3.63) is 54.7 Å². The van der Waals surface area contributed by atoms with Crippen LogP contribution in [0.4, 0.5) is 16.2 Å². The first kappa shape index (κ1) is 16.7. The van der Waals surface area contributed by atoms with Gasteiger partial charge in [-0.05, 0) is 24.3 Å². The predicted octanol–water partition coefficient (Wildman–Crippen LogP) is 3.32. The summed E-state index contributed by atoms with van der Waals surface area (Å²) in [5, 5.41) is 4.02. The number of rotatable bonds is 2. The van der Waals surface area contributed by atoms with Crippen LogP contribution in [0.15, 0.2) is 54.7 Å². The molecule has 0 aliphatic carbocycles. The van der Waals surface area contributed by atoms with Gasteiger partial charge >= 0.3 is 6.03 Å².